The molecule has 2 heterocycles. The highest BCUT2D eigenvalue weighted by Crippen LogP contribution is 2.31. The van der Waals surface area contributed by atoms with Crippen molar-refractivity contribution in [2.24, 2.45) is 0 Å². The number of aromatic nitrogens is 1. The molecule has 0 fully saturated rings. The van der Waals surface area contributed by atoms with Crippen LogP contribution in [0.2, 0.25) is 0 Å². The summed E-state index contributed by atoms with van der Waals surface area (Å²) in [7, 11) is 0. The molecule has 1 aliphatic heterocycles. The standard InChI is InChI=1S/C15H15NO3/c17-12(8-11-4-3-7-16-9-11)15-10-18-13-5-1-2-6-14(13)19-15/h1-7,9,12,15,17H,8,10H2. The summed E-state index contributed by atoms with van der Waals surface area (Å²) in [5.74, 6) is 1.41. The number of fused-ring (bicyclic) bond motifs is 1. The van der Waals surface area contributed by atoms with E-state index in [4.69, 9.17) is 9.47 Å². The van der Waals surface area contributed by atoms with E-state index in [-0.39, 0.29) is 6.10 Å². The Hall–Kier alpha value is -2.07. The first-order valence-electron chi connectivity index (χ1n) is 6.28. The number of hydrogen-bond acceptors (Lipinski definition) is 4. The maximum Gasteiger partial charge on any atom is 0.161 e. The van der Waals surface area contributed by atoms with E-state index in [1.54, 1.807) is 12.4 Å². The molecule has 4 heteroatoms. The highest BCUT2D eigenvalue weighted by Gasteiger charge is 2.27. The highest BCUT2D eigenvalue weighted by molar-refractivity contribution is 5.40. The molecular weight excluding hydrogens is 242 g/mol. The Labute approximate surface area is 111 Å². The van der Waals surface area contributed by atoms with Gasteiger partial charge < -0.3 is 14.6 Å². The molecule has 1 aliphatic rings. The van der Waals surface area contributed by atoms with Gasteiger partial charge in [0.15, 0.2) is 17.6 Å². The van der Waals surface area contributed by atoms with Crippen LogP contribution >= 0.6 is 0 Å². The van der Waals surface area contributed by atoms with Gasteiger partial charge in [0.25, 0.3) is 0 Å². The highest BCUT2D eigenvalue weighted by atomic mass is 16.6. The zero-order chi connectivity index (χ0) is 13.1. The zero-order valence-corrected chi connectivity index (χ0v) is 10.4. The number of aliphatic hydroxyl groups is 1. The number of pyridine rings is 1. The molecule has 2 atom stereocenters. The lowest BCUT2D eigenvalue weighted by atomic mass is 10.1. The molecular formula is C15H15NO3. The summed E-state index contributed by atoms with van der Waals surface area (Å²) < 4.78 is 11.4. The SMILES string of the molecule is OC(Cc1cccnc1)C1COc2ccccc2O1. The predicted octanol–water partition coefficient (Wildman–Crippen LogP) is 1.82. The molecule has 0 aliphatic carbocycles. The number of ether oxygens (including phenoxy) is 2. The van der Waals surface area contributed by atoms with Crippen LogP contribution in [0.15, 0.2) is 48.8 Å². The molecule has 2 unspecified atom stereocenters. The minimum atomic E-state index is -0.613. The van der Waals surface area contributed by atoms with Gasteiger partial charge in [-0.05, 0) is 23.8 Å². The van der Waals surface area contributed by atoms with E-state index in [9.17, 15) is 5.11 Å². The van der Waals surface area contributed by atoms with Crippen molar-refractivity contribution < 1.29 is 14.6 Å². The average Bonchev–Trinajstić information content (AvgIpc) is 2.48. The monoisotopic (exact) mass is 257 g/mol. The quantitative estimate of drug-likeness (QED) is 0.911. The summed E-state index contributed by atoms with van der Waals surface area (Å²) >= 11 is 0. The first-order chi connectivity index (χ1) is 9.33. The summed E-state index contributed by atoms with van der Waals surface area (Å²) in [6.45, 7) is 0.360. The molecule has 0 amide bonds. The number of nitrogens with zero attached hydrogens (tertiary/aromatic N) is 1. The average molecular weight is 257 g/mol. The van der Waals surface area contributed by atoms with Crippen molar-refractivity contribution in [3.05, 3.63) is 54.4 Å². The normalized spacial score (nSPS) is 18.9. The molecule has 0 saturated carbocycles. The second-order valence-corrected chi connectivity index (χ2v) is 4.55. The van der Waals surface area contributed by atoms with Gasteiger partial charge in [0.05, 0.1) is 6.10 Å². The van der Waals surface area contributed by atoms with Crippen molar-refractivity contribution in [2.75, 3.05) is 6.61 Å². The van der Waals surface area contributed by atoms with Gasteiger partial charge in [0.2, 0.25) is 0 Å². The molecule has 0 saturated heterocycles. The number of para-hydroxylation sites is 2. The predicted molar refractivity (Wildman–Crippen MR) is 70.3 cm³/mol. The van der Waals surface area contributed by atoms with Crippen LogP contribution in [0.3, 0.4) is 0 Å². The van der Waals surface area contributed by atoms with Gasteiger partial charge in [-0.15, -0.1) is 0 Å². The second-order valence-electron chi connectivity index (χ2n) is 4.55. The third-order valence-electron chi connectivity index (χ3n) is 3.13. The summed E-state index contributed by atoms with van der Waals surface area (Å²) in [5, 5.41) is 10.2. The number of benzene rings is 1. The summed E-state index contributed by atoms with van der Waals surface area (Å²) in [6.07, 6.45) is 3.00. The van der Waals surface area contributed by atoms with Crippen molar-refractivity contribution in [3.63, 3.8) is 0 Å². The molecule has 1 aromatic heterocycles. The van der Waals surface area contributed by atoms with E-state index in [0.717, 1.165) is 11.3 Å². The van der Waals surface area contributed by atoms with Crippen LogP contribution in [-0.4, -0.2) is 28.9 Å². The lowest BCUT2D eigenvalue weighted by Crippen LogP contribution is -2.40. The molecule has 0 radical (unpaired) electrons. The van der Waals surface area contributed by atoms with Gasteiger partial charge in [-0.1, -0.05) is 18.2 Å². The van der Waals surface area contributed by atoms with E-state index in [2.05, 4.69) is 4.98 Å². The first kappa shape index (κ1) is 12.0. The van der Waals surface area contributed by atoms with E-state index < -0.39 is 6.10 Å². The summed E-state index contributed by atoms with van der Waals surface area (Å²) in [6, 6.07) is 11.3. The molecule has 0 bridgehead atoms. The summed E-state index contributed by atoms with van der Waals surface area (Å²) in [5.41, 5.74) is 0.984. The van der Waals surface area contributed by atoms with E-state index >= 15 is 0 Å². The molecule has 3 rings (SSSR count). The third-order valence-corrected chi connectivity index (χ3v) is 3.13. The Morgan fingerprint density at radius 1 is 1.21 bits per heavy atom. The van der Waals surface area contributed by atoms with Crippen molar-refractivity contribution in [1.29, 1.82) is 0 Å². The molecule has 4 nitrogen and oxygen atoms in total. The van der Waals surface area contributed by atoms with Crippen LogP contribution in [0.25, 0.3) is 0 Å². The van der Waals surface area contributed by atoms with Gasteiger partial charge in [0.1, 0.15) is 6.61 Å². The molecule has 98 valence electrons. The van der Waals surface area contributed by atoms with Crippen molar-refractivity contribution in [2.45, 2.75) is 18.6 Å². The van der Waals surface area contributed by atoms with Crippen LogP contribution in [0.1, 0.15) is 5.56 Å². The van der Waals surface area contributed by atoms with Gasteiger partial charge in [-0.25, -0.2) is 0 Å². The van der Waals surface area contributed by atoms with Crippen LogP contribution < -0.4 is 9.47 Å². The largest absolute Gasteiger partial charge is 0.486 e. The van der Waals surface area contributed by atoms with E-state index in [0.29, 0.717) is 18.8 Å². The maximum atomic E-state index is 10.2. The topological polar surface area (TPSA) is 51.6 Å². The van der Waals surface area contributed by atoms with Crippen molar-refractivity contribution in [3.8, 4) is 11.5 Å². The minimum absolute atomic E-state index is 0.352. The fourth-order valence-electron chi connectivity index (χ4n) is 2.12. The van der Waals surface area contributed by atoms with Crippen LogP contribution in [0.5, 0.6) is 11.5 Å². The second kappa shape index (κ2) is 5.28. The number of rotatable bonds is 3. The fourth-order valence-corrected chi connectivity index (χ4v) is 2.12. The Morgan fingerprint density at radius 3 is 2.84 bits per heavy atom. The maximum absolute atomic E-state index is 10.2. The van der Waals surface area contributed by atoms with Crippen molar-refractivity contribution in [1.82, 2.24) is 4.98 Å². The molecule has 1 aromatic carbocycles. The van der Waals surface area contributed by atoms with Crippen LogP contribution in [0, 0.1) is 0 Å². The van der Waals surface area contributed by atoms with Gasteiger partial charge in [-0.2, -0.15) is 0 Å². The molecule has 1 N–H and O–H groups in total. The smallest absolute Gasteiger partial charge is 0.161 e. The van der Waals surface area contributed by atoms with E-state index in [1.807, 2.05) is 36.4 Å². The first-order valence-corrected chi connectivity index (χ1v) is 6.28. The Bertz CT molecular complexity index is 544. The third kappa shape index (κ3) is 2.69. The zero-order valence-electron chi connectivity index (χ0n) is 10.4. The Kier molecular flexibility index (Phi) is 3.33. The number of hydrogen-bond donors (Lipinski definition) is 1. The van der Waals surface area contributed by atoms with Crippen molar-refractivity contribution >= 4 is 0 Å². The van der Waals surface area contributed by atoms with E-state index in [1.165, 1.54) is 0 Å². The summed E-state index contributed by atoms with van der Waals surface area (Å²) in [4.78, 5) is 4.04. The minimum Gasteiger partial charge on any atom is -0.486 e. The van der Waals surface area contributed by atoms with Crippen LogP contribution in [0.4, 0.5) is 0 Å². The molecule has 0 spiro atoms. The molecule has 2 aromatic rings. The lowest BCUT2D eigenvalue weighted by molar-refractivity contribution is -0.00944. The Balaban J connectivity index is 1.68. The van der Waals surface area contributed by atoms with Crippen LogP contribution in [-0.2, 0) is 6.42 Å². The van der Waals surface area contributed by atoms with Gasteiger partial charge in [-0.3, -0.25) is 4.98 Å². The van der Waals surface area contributed by atoms with Gasteiger partial charge >= 0.3 is 0 Å². The fraction of sp³-hybridized carbons (Fsp3) is 0.267. The Morgan fingerprint density at radius 2 is 2.05 bits per heavy atom. The number of aliphatic hydroxyl groups excluding tert-OH is 1. The van der Waals surface area contributed by atoms with Gasteiger partial charge in [0, 0.05) is 18.8 Å². The lowest BCUT2D eigenvalue weighted by Gasteiger charge is -2.29. The molecule has 19 heavy (non-hydrogen) atoms.